The highest BCUT2D eigenvalue weighted by Gasteiger charge is 1.99. The van der Waals surface area contributed by atoms with Crippen LogP contribution in [-0.2, 0) is 9.53 Å². The van der Waals surface area contributed by atoms with Crippen molar-refractivity contribution in [2.75, 3.05) is 6.54 Å². The van der Waals surface area contributed by atoms with Gasteiger partial charge in [0.15, 0.2) is 6.23 Å². The molecule has 1 atom stereocenters. The Labute approximate surface area is 47.8 Å². The van der Waals surface area contributed by atoms with Gasteiger partial charge in [-0.25, -0.2) is 0 Å². The first-order chi connectivity index (χ1) is 3.66. The molecule has 0 aromatic rings. The second-order valence-corrected chi connectivity index (χ2v) is 1.38. The summed E-state index contributed by atoms with van der Waals surface area (Å²) < 4.78 is 4.41. The molecule has 8 heavy (non-hydrogen) atoms. The molecule has 0 amide bonds. The molecule has 0 fully saturated rings. The number of hydrogen-bond donors (Lipinski definition) is 2. The van der Waals surface area contributed by atoms with Gasteiger partial charge in [0.2, 0.25) is 0 Å². The van der Waals surface area contributed by atoms with Gasteiger partial charge < -0.3 is 10.5 Å². The van der Waals surface area contributed by atoms with Gasteiger partial charge in [0.25, 0.3) is 0 Å². The van der Waals surface area contributed by atoms with Crippen LogP contribution in [0.4, 0.5) is 0 Å². The number of nitrogens with two attached hydrogens (primary N) is 2. The van der Waals surface area contributed by atoms with E-state index in [4.69, 9.17) is 11.5 Å². The lowest BCUT2D eigenvalue weighted by molar-refractivity contribution is -0.145. The lowest BCUT2D eigenvalue weighted by atomic mass is 10.6. The number of hydrogen-bond acceptors (Lipinski definition) is 4. The fraction of sp³-hybridized carbons (Fsp3) is 0.750. The van der Waals surface area contributed by atoms with E-state index < -0.39 is 12.2 Å². The monoisotopic (exact) mass is 118 g/mol. The van der Waals surface area contributed by atoms with Crippen LogP contribution in [0.5, 0.6) is 0 Å². The van der Waals surface area contributed by atoms with Crippen LogP contribution < -0.4 is 11.5 Å². The average molecular weight is 118 g/mol. The minimum Gasteiger partial charge on any atom is -0.446 e. The summed E-state index contributed by atoms with van der Waals surface area (Å²) in [6, 6.07) is 0. The third-order valence-electron chi connectivity index (χ3n) is 0.550. The molecule has 0 spiro atoms. The standard InChI is InChI=1S/C4H10N2O2/c1-3(7)8-4(6)2-5/h4H,2,5-6H2,1H3. The van der Waals surface area contributed by atoms with Crippen molar-refractivity contribution >= 4 is 5.97 Å². The summed E-state index contributed by atoms with van der Waals surface area (Å²) in [4.78, 5) is 10.1. The Bertz CT molecular complexity index is 84.1. The Morgan fingerprint density at radius 3 is 2.50 bits per heavy atom. The molecule has 1 unspecified atom stereocenters. The Balaban J connectivity index is 3.24. The molecule has 4 heteroatoms. The summed E-state index contributed by atoms with van der Waals surface area (Å²) in [6.07, 6.45) is -0.646. The highest BCUT2D eigenvalue weighted by Crippen LogP contribution is 1.78. The van der Waals surface area contributed by atoms with E-state index in [9.17, 15) is 4.79 Å². The van der Waals surface area contributed by atoms with E-state index in [0.29, 0.717) is 0 Å². The van der Waals surface area contributed by atoms with Crippen molar-refractivity contribution in [1.29, 1.82) is 0 Å². The first-order valence-electron chi connectivity index (χ1n) is 2.29. The Kier molecular flexibility index (Phi) is 3.14. The third-order valence-corrected chi connectivity index (χ3v) is 0.550. The molecular weight excluding hydrogens is 108 g/mol. The Hall–Kier alpha value is -0.610. The van der Waals surface area contributed by atoms with Gasteiger partial charge >= 0.3 is 5.97 Å². The molecule has 0 aromatic heterocycles. The lowest BCUT2D eigenvalue weighted by Gasteiger charge is -2.06. The van der Waals surface area contributed by atoms with E-state index in [1.807, 2.05) is 0 Å². The van der Waals surface area contributed by atoms with Crippen LogP contribution in [-0.4, -0.2) is 18.7 Å². The molecule has 0 bridgehead atoms. The normalized spacial score (nSPS) is 12.9. The fourth-order valence-corrected chi connectivity index (χ4v) is 0.261. The number of ether oxygens (including phenoxy) is 1. The Morgan fingerprint density at radius 2 is 2.38 bits per heavy atom. The van der Waals surface area contributed by atoms with E-state index in [0.717, 1.165) is 0 Å². The van der Waals surface area contributed by atoms with E-state index >= 15 is 0 Å². The first-order valence-corrected chi connectivity index (χ1v) is 2.29. The summed E-state index contributed by atoms with van der Waals surface area (Å²) in [6.45, 7) is 1.45. The molecule has 48 valence electrons. The average Bonchev–Trinajstić information content (AvgIpc) is 1.65. The zero-order valence-electron chi connectivity index (χ0n) is 4.76. The number of carbonyl (C=O) groups excluding carboxylic acids is 1. The van der Waals surface area contributed by atoms with E-state index in [-0.39, 0.29) is 6.54 Å². The SMILES string of the molecule is CC(=O)OC(N)CN. The van der Waals surface area contributed by atoms with Gasteiger partial charge in [0.1, 0.15) is 0 Å². The van der Waals surface area contributed by atoms with Gasteiger partial charge in [-0.15, -0.1) is 0 Å². The largest absolute Gasteiger partial charge is 0.446 e. The number of esters is 1. The van der Waals surface area contributed by atoms with E-state index in [1.165, 1.54) is 6.92 Å². The highest BCUT2D eigenvalue weighted by atomic mass is 16.6. The van der Waals surface area contributed by atoms with Crippen molar-refractivity contribution in [3.05, 3.63) is 0 Å². The molecule has 0 radical (unpaired) electrons. The predicted octanol–water partition coefficient (Wildman–Crippen LogP) is -1.21. The van der Waals surface area contributed by atoms with Gasteiger partial charge in [-0.1, -0.05) is 0 Å². The zero-order chi connectivity index (χ0) is 6.57. The summed E-state index contributed by atoms with van der Waals surface area (Å²) >= 11 is 0. The van der Waals surface area contributed by atoms with Gasteiger partial charge in [-0.2, -0.15) is 0 Å². The molecule has 0 aromatic carbocycles. The zero-order valence-corrected chi connectivity index (χ0v) is 4.76. The first kappa shape index (κ1) is 7.39. The summed E-state index contributed by atoms with van der Waals surface area (Å²) in [5.74, 6) is -0.400. The minimum absolute atomic E-state index is 0.166. The Morgan fingerprint density at radius 1 is 1.88 bits per heavy atom. The van der Waals surface area contributed by atoms with E-state index in [2.05, 4.69) is 4.74 Å². The van der Waals surface area contributed by atoms with Crippen molar-refractivity contribution in [3.63, 3.8) is 0 Å². The molecule has 0 saturated carbocycles. The van der Waals surface area contributed by atoms with Crippen LogP contribution in [0.2, 0.25) is 0 Å². The van der Waals surface area contributed by atoms with Crippen molar-refractivity contribution in [2.24, 2.45) is 11.5 Å². The van der Waals surface area contributed by atoms with Gasteiger partial charge in [-0.3, -0.25) is 10.5 Å². The summed E-state index contributed by atoms with van der Waals surface area (Å²) in [5.41, 5.74) is 10.1. The van der Waals surface area contributed by atoms with Crippen molar-refractivity contribution in [1.82, 2.24) is 0 Å². The molecular formula is C4H10N2O2. The van der Waals surface area contributed by atoms with Crippen molar-refractivity contribution in [3.8, 4) is 0 Å². The molecule has 0 aliphatic heterocycles. The summed E-state index contributed by atoms with van der Waals surface area (Å²) in [5, 5.41) is 0. The van der Waals surface area contributed by atoms with Crippen LogP contribution in [0.25, 0.3) is 0 Å². The molecule has 0 aliphatic carbocycles. The van der Waals surface area contributed by atoms with E-state index in [1.54, 1.807) is 0 Å². The smallest absolute Gasteiger partial charge is 0.304 e. The van der Waals surface area contributed by atoms with Crippen molar-refractivity contribution < 1.29 is 9.53 Å². The van der Waals surface area contributed by atoms with Crippen LogP contribution in [0, 0.1) is 0 Å². The lowest BCUT2D eigenvalue weighted by Crippen LogP contribution is -2.33. The van der Waals surface area contributed by atoms with Crippen LogP contribution in [0.1, 0.15) is 6.92 Å². The minimum atomic E-state index is -0.646. The maximum absolute atomic E-state index is 10.1. The second kappa shape index (κ2) is 3.40. The molecule has 0 saturated heterocycles. The topological polar surface area (TPSA) is 78.3 Å². The highest BCUT2D eigenvalue weighted by molar-refractivity contribution is 5.66. The maximum Gasteiger partial charge on any atom is 0.304 e. The molecule has 4 N–H and O–H groups in total. The molecule has 0 aliphatic rings. The van der Waals surface area contributed by atoms with Crippen LogP contribution >= 0.6 is 0 Å². The fourth-order valence-electron chi connectivity index (χ4n) is 0.261. The summed E-state index contributed by atoms with van der Waals surface area (Å²) in [7, 11) is 0. The van der Waals surface area contributed by atoms with Gasteiger partial charge in [-0.05, 0) is 0 Å². The van der Waals surface area contributed by atoms with Gasteiger partial charge in [0, 0.05) is 13.5 Å². The molecule has 0 heterocycles. The third kappa shape index (κ3) is 3.58. The van der Waals surface area contributed by atoms with Crippen LogP contribution in [0.15, 0.2) is 0 Å². The second-order valence-electron chi connectivity index (χ2n) is 1.38. The molecule has 4 nitrogen and oxygen atoms in total. The molecule has 0 rings (SSSR count). The number of rotatable bonds is 2. The maximum atomic E-state index is 10.1. The van der Waals surface area contributed by atoms with Crippen LogP contribution in [0.3, 0.4) is 0 Å². The predicted molar refractivity (Wildman–Crippen MR) is 28.8 cm³/mol. The van der Waals surface area contributed by atoms with Crippen molar-refractivity contribution in [2.45, 2.75) is 13.2 Å². The van der Waals surface area contributed by atoms with Gasteiger partial charge in [0.05, 0.1) is 0 Å². The number of carbonyl (C=O) groups is 1. The quantitative estimate of drug-likeness (QED) is 0.352.